The average Bonchev–Trinajstić information content (AvgIpc) is 3.33. The van der Waals surface area contributed by atoms with E-state index in [9.17, 15) is 14.0 Å². The van der Waals surface area contributed by atoms with Crippen LogP contribution in [0, 0.1) is 19.7 Å². The molecule has 4 aromatic rings. The van der Waals surface area contributed by atoms with Crippen molar-refractivity contribution >= 4 is 22.8 Å². The van der Waals surface area contributed by atoms with Crippen molar-refractivity contribution in [1.82, 2.24) is 25.0 Å². The zero-order valence-electron chi connectivity index (χ0n) is 17.4. The number of hydrogen-bond acceptors (Lipinski definition) is 3. The summed E-state index contributed by atoms with van der Waals surface area (Å²) in [6, 6.07) is 14.7. The number of halogens is 1. The average molecular weight is 419 g/mol. The predicted octanol–water partition coefficient (Wildman–Crippen LogP) is 3.61. The number of nitrogens with zero attached hydrogens (tertiary/aromatic N) is 3. The number of rotatable bonds is 4. The molecule has 0 aliphatic heterocycles. The zero-order chi connectivity index (χ0) is 22.1. The number of aryl methyl sites for hydroxylation is 1. The second-order valence-corrected chi connectivity index (χ2v) is 7.36. The van der Waals surface area contributed by atoms with Gasteiger partial charge in [-0.1, -0.05) is 12.1 Å². The number of hydrazine groups is 1. The van der Waals surface area contributed by atoms with Gasteiger partial charge >= 0.3 is 0 Å². The molecule has 0 bridgehead atoms. The molecule has 31 heavy (non-hydrogen) atoms. The van der Waals surface area contributed by atoms with Crippen LogP contribution in [0.5, 0.6) is 0 Å². The highest BCUT2D eigenvalue weighted by atomic mass is 19.1. The van der Waals surface area contributed by atoms with Crippen LogP contribution in [0.1, 0.15) is 34.7 Å². The molecule has 4 rings (SSSR count). The summed E-state index contributed by atoms with van der Waals surface area (Å²) in [5, 5.41) is 0. The summed E-state index contributed by atoms with van der Waals surface area (Å²) in [7, 11) is 0. The second kappa shape index (κ2) is 8.06. The molecule has 2 aromatic heterocycles. The lowest BCUT2D eigenvalue weighted by atomic mass is 10.2. The number of aromatic nitrogens is 3. The quantitative estimate of drug-likeness (QED) is 0.496. The number of hydrogen-bond donors (Lipinski definition) is 2. The van der Waals surface area contributed by atoms with Gasteiger partial charge in [-0.05, 0) is 63.2 Å². The van der Waals surface area contributed by atoms with E-state index in [1.54, 1.807) is 42.9 Å². The molecule has 2 N–H and O–H groups in total. The predicted molar refractivity (Wildman–Crippen MR) is 115 cm³/mol. The molecule has 0 saturated carbocycles. The normalized spacial score (nSPS) is 12.0. The van der Waals surface area contributed by atoms with Crippen molar-refractivity contribution in [2.45, 2.75) is 26.8 Å². The molecule has 2 heterocycles. The standard InChI is InChI=1S/C23H22FN5O2/c1-14-12-19(15(2)29(14)18-10-8-17(24)9-11-18)23(31)27-26-22(30)16(3)28-13-25-20-6-4-5-7-21(20)28/h4-13,16H,1-3H3,(H,26,30)(H,27,31). The molecule has 0 aliphatic rings. The Bertz CT molecular complexity index is 1270. The van der Waals surface area contributed by atoms with E-state index in [0.29, 0.717) is 11.3 Å². The largest absolute Gasteiger partial charge is 0.318 e. The SMILES string of the molecule is Cc1cc(C(=O)NNC(=O)C(C)n2cnc3ccccc32)c(C)n1-c1ccc(F)cc1. The fourth-order valence-corrected chi connectivity index (χ4v) is 3.68. The number of fused-ring (bicyclic) bond motifs is 1. The molecule has 7 nitrogen and oxygen atoms in total. The van der Waals surface area contributed by atoms with E-state index in [0.717, 1.165) is 22.4 Å². The van der Waals surface area contributed by atoms with E-state index in [-0.39, 0.29) is 11.7 Å². The van der Waals surface area contributed by atoms with Gasteiger partial charge in [-0.25, -0.2) is 9.37 Å². The van der Waals surface area contributed by atoms with Gasteiger partial charge < -0.3 is 9.13 Å². The van der Waals surface area contributed by atoms with Gasteiger partial charge in [0.25, 0.3) is 11.8 Å². The molecular formula is C23H22FN5O2. The van der Waals surface area contributed by atoms with Crippen LogP contribution in [0.3, 0.4) is 0 Å². The van der Waals surface area contributed by atoms with Gasteiger partial charge in [0.05, 0.1) is 22.9 Å². The third-order valence-corrected chi connectivity index (χ3v) is 5.34. The Hall–Kier alpha value is -3.94. The van der Waals surface area contributed by atoms with E-state index in [4.69, 9.17) is 0 Å². The Morgan fingerprint density at radius 1 is 1.03 bits per heavy atom. The number of para-hydroxylation sites is 2. The molecular weight excluding hydrogens is 397 g/mol. The Morgan fingerprint density at radius 3 is 2.48 bits per heavy atom. The van der Waals surface area contributed by atoms with Gasteiger partial charge in [-0.15, -0.1) is 0 Å². The monoisotopic (exact) mass is 419 g/mol. The van der Waals surface area contributed by atoms with Gasteiger partial charge in [0.2, 0.25) is 0 Å². The molecule has 1 atom stereocenters. The first kappa shape index (κ1) is 20.3. The maximum atomic E-state index is 13.2. The van der Waals surface area contributed by atoms with Gasteiger partial charge in [-0.3, -0.25) is 20.4 Å². The number of nitrogens with one attached hydrogen (secondary N) is 2. The van der Waals surface area contributed by atoms with Crippen molar-refractivity contribution < 1.29 is 14.0 Å². The maximum absolute atomic E-state index is 13.2. The smallest absolute Gasteiger partial charge is 0.271 e. The minimum absolute atomic E-state index is 0.327. The van der Waals surface area contributed by atoms with Gasteiger partial charge in [0, 0.05) is 17.1 Å². The summed E-state index contributed by atoms with van der Waals surface area (Å²) in [6.07, 6.45) is 1.60. The maximum Gasteiger partial charge on any atom is 0.271 e. The van der Waals surface area contributed by atoms with Crippen molar-refractivity contribution in [3.63, 3.8) is 0 Å². The van der Waals surface area contributed by atoms with E-state index >= 15 is 0 Å². The van der Waals surface area contributed by atoms with Crippen LogP contribution in [0.2, 0.25) is 0 Å². The van der Waals surface area contributed by atoms with Crippen molar-refractivity contribution in [2.75, 3.05) is 0 Å². The molecule has 2 amide bonds. The lowest BCUT2D eigenvalue weighted by Crippen LogP contribution is -2.44. The number of carbonyl (C=O) groups is 2. The first-order valence-electron chi connectivity index (χ1n) is 9.83. The van der Waals surface area contributed by atoms with Crippen molar-refractivity contribution in [3.05, 3.63) is 83.7 Å². The van der Waals surface area contributed by atoms with Gasteiger partial charge in [0.15, 0.2) is 0 Å². The summed E-state index contributed by atoms with van der Waals surface area (Å²) >= 11 is 0. The molecule has 2 aromatic carbocycles. The van der Waals surface area contributed by atoms with Crippen LogP contribution in [0.15, 0.2) is 60.9 Å². The summed E-state index contributed by atoms with van der Waals surface area (Å²) in [4.78, 5) is 29.6. The highest BCUT2D eigenvalue weighted by Gasteiger charge is 2.20. The van der Waals surface area contributed by atoms with E-state index in [1.165, 1.54) is 12.1 Å². The number of imidazole rings is 1. The van der Waals surface area contributed by atoms with E-state index in [1.807, 2.05) is 35.8 Å². The molecule has 1 unspecified atom stereocenters. The van der Waals surface area contributed by atoms with Gasteiger partial charge in [0.1, 0.15) is 11.9 Å². The fourth-order valence-electron chi connectivity index (χ4n) is 3.68. The summed E-state index contributed by atoms with van der Waals surface area (Å²) < 4.78 is 16.9. The van der Waals surface area contributed by atoms with E-state index < -0.39 is 11.9 Å². The topological polar surface area (TPSA) is 81.0 Å². The number of amides is 2. The number of carbonyl (C=O) groups excluding carboxylic acids is 2. The van der Waals surface area contributed by atoms with Crippen LogP contribution in [0.4, 0.5) is 4.39 Å². The molecule has 0 spiro atoms. The van der Waals surface area contributed by atoms with Crippen molar-refractivity contribution in [2.24, 2.45) is 0 Å². The summed E-state index contributed by atoms with van der Waals surface area (Å²) in [5.41, 5.74) is 9.27. The van der Waals surface area contributed by atoms with Crippen LogP contribution >= 0.6 is 0 Å². The Labute approximate surface area is 178 Å². The third kappa shape index (κ3) is 3.79. The molecule has 0 aliphatic carbocycles. The molecule has 0 fully saturated rings. The first-order valence-corrected chi connectivity index (χ1v) is 9.83. The highest BCUT2D eigenvalue weighted by molar-refractivity contribution is 5.97. The molecule has 158 valence electrons. The van der Waals surface area contributed by atoms with Crippen LogP contribution in [-0.4, -0.2) is 25.9 Å². The first-order chi connectivity index (χ1) is 14.9. The minimum atomic E-state index is -0.570. The lowest BCUT2D eigenvalue weighted by Gasteiger charge is -2.15. The Kier molecular flexibility index (Phi) is 5.29. The minimum Gasteiger partial charge on any atom is -0.318 e. The molecule has 8 heteroatoms. The summed E-state index contributed by atoms with van der Waals surface area (Å²) in [5.74, 6) is -1.13. The second-order valence-electron chi connectivity index (χ2n) is 7.36. The van der Waals surface area contributed by atoms with Crippen LogP contribution in [-0.2, 0) is 4.79 Å². The highest BCUT2D eigenvalue weighted by Crippen LogP contribution is 2.21. The fraction of sp³-hybridized carbons (Fsp3) is 0.174. The van der Waals surface area contributed by atoms with Crippen molar-refractivity contribution in [3.8, 4) is 5.69 Å². The molecule has 0 saturated heterocycles. The molecule has 0 radical (unpaired) electrons. The van der Waals surface area contributed by atoms with Crippen LogP contribution < -0.4 is 10.9 Å². The Morgan fingerprint density at radius 2 is 1.74 bits per heavy atom. The van der Waals surface area contributed by atoms with Gasteiger partial charge in [-0.2, -0.15) is 0 Å². The Balaban J connectivity index is 1.48. The zero-order valence-corrected chi connectivity index (χ0v) is 17.4. The van der Waals surface area contributed by atoms with E-state index in [2.05, 4.69) is 15.8 Å². The third-order valence-electron chi connectivity index (χ3n) is 5.34. The summed E-state index contributed by atoms with van der Waals surface area (Å²) in [6.45, 7) is 5.39. The van der Waals surface area contributed by atoms with Crippen molar-refractivity contribution in [1.29, 1.82) is 0 Å². The van der Waals surface area contributed by atoms with Crippen LogP contribution in [0.25, 0.3) is 16.7 Å². The lowest BCUT2D eigenvalue weighted by molar-refractivity contribution is -0.124. The number of benzene rings is 2.